The van der Waals surface area contributed by atoms with Crippen LogP contribution in [0.1, 0.15) is 42.7 Å². The largest absolute Gasteiger partial charge is 0.477 e. The molecule has 0 radical (unpaired) electrons. The van der Waals surface area contributed by atoms with Crippen molar-refractivity contribution in [2.24, 2.45) is 0 Å². The summed E-state index contributed by atoms with van der Waals surface area (Å²) < 4.78 is 1.51. The topological polar surface area (TPSA) is 59.3 Å². The van der Waals surface area contributed by atoms with E-state index in [1.807, 2.05) is 20.8 Å². The molecule has 0 aliphatic heterocycles. The number of carboxylic acids is 1. The first-order chi connectivity index (χ1) is 6.99. The van der Waals surface area contributed by atoms with Crippen molar-refractivity contribution in [2.75, 3.05) is 0 Å². The molecule has 0 unspecified atom stereocenters. The Kier molecular flexibility index (Phi) is 3.29. The summed E-state index contributed by atoms with van der Waals surface area (Å²) in [6.07, 6.45) is 0. The minimum Gasteiger partial charge on any atom is -0.477 e. The van der Waals surface area contributed by atoms with Gasteiger partial charge in [-0.1, -0.05) is 13.8 Å². The van der Waals surface area contributed by atoms with Crippen molar-refractivity contribution in [3.05, 3.63) is 33.7 Å². The highest BCUT2D eigenvalue weighted by molar-refractivity contribution is 5.87. The molecule has 0 aromatic carbocycles. The van der Waals surface area contributed by atoms with Crippen LogP contribution < -0.4 is 5.56 Å². The Morgan fingerprint density at radius 3 is 2.47 bits per heavy atom. The lowest BCUT2D eigenvalue weighted by Crippen LogP contribution is -2.28. The minimum absolute atomic E-state index is 0.166. The molecule has 15 heavy (non-hydrogen) atoms. The predicted octanol–water partition coefficient (Wildman–Crippen LogP) is 1.69. The number of hydrogen-bond acceptors (Lipinski definition) is 2. The van der Waals surface area contributed by atoms with Crippen LogP contribution >= 0.6 is 0 Å². The van der Waals surface area contributed by atoms with Gasteiger partial charge in [-0.3, -0.25) is 4.79 Å². The molecule has 1 heterocycles. The van der Waals surface area contributed by atoms with Gasteiger partial charge in [0.1, 0.15) is 5.56 Å². The Labute approximate surface area is 88.2 Å². The molecule has 0 saturated heterocycles. The molecule has 0 aliphatic rings. The van der Waals surface area contributed by atoms with E-state index in [2.05, 4.69) is 0 Å². The van der Waals surface area contributed by atoms with Crippen LogP contribution in [-0.2, 0) is 6.54 Å². The van der Waals surface area contributed by atoms with E-state index in [-0.39, 0.29) is 11.5 Å². The maximum absolute atomic E-state index is 11.7. The van der Waals surface area contributed by atoms with Crippen LogP contribution in [-0.4, -0.2) is 15.6 Å². The maximum Gasteiger partial charge on any atom is 0.341 e. The van der Waals surface area contributed by atoms with Gasteiger partial charge in [-0.2, -0.15) is 0 Å². The third-order valence-electron chi connectivity index (χ3n) is 2.35. The van der Waals surface area contributed by atoms with Gasteiger partial charge < -0.3 is 9.67 Å². The normalized spacial score (nSPS) is 10.7. The van der Waals surface area contributed by atoms with Crippen LogP contribution in [0, 0.1) is 0 Å². The average Bonchev–Trinajstić information content (AvgIpc) is 2.16. The predicted molar refractivity (Wildman–Crippen MR) is 57.4 cm³/mol. The lowest BCUT2D eigenvalue weighted by atomic mass is 10.1. The first-order valence-electron chi connectivity index (χ1n) is 4.96. The average molecular weight is 209 g/mol. The highest BCUT2D eigenvalue weighted by atomic mass is 16.4. The van der Waals surface area contributed by atoms with Gasteiger partial charge in [0.25, 0.3) is 5.56 Å². The number of nitrogens with zero attached hydrogens (tertiary/aromatic N) is 1. The standard InChI is InChI=1S/C11H15NO3/c1-4-12-9(7(2)3)6-5-8(10(12)13)11(14)15/h5-7H,4H2,1-3H3,(H,14,15). The molecule has 4 heteroatoms. The molecule has 0 aliphatic carbocycles. The van der Waals surface area contributed by atoms with Crippen molar-refractivity contribution < 1.29 is 9.90 Å². The van der Waals surface area contributed by atoms with E-state index in [0.29, 0.717) is 6.54 Å². The number of rotatable bonds is 3. The zero-order valence-electron chi connectivity index (χ0n) is 9.15. The fraction of sp³-hybridized carbons (Fsp3) is 0.455. The SMILES string of the molecule is CCn1c(C(C)C)ccc(C(=O)O)c1=O. The molecule has 1 N–H and O–H groups in total. The van der Waals surface area contributed by atoms with Crippen molar-refractivity contribution in [1.29, 1.82) is 0 Å². The summed E-state index contributed by atoms with van der Waals surface area (Å²) in [6, 6.07) is 3.09. The number of aromatic carboxylic acids is 1. The van der Waals surface area contributed by atoms with Gasteiger partial charge >= 0.3 is 5.97 Å². The van der Waals surface area contributed by atoms with E-state index >= 15 is 0 Å². The molecule has 0 atom stereocenters. The summed E-state index contributed by atoms with van der Waals surface area (Å²) in [5, 5.41) is 8.80. The number of carboxylic acid groups (broad SMARTS) is 1. The third kappa shape index (κ3) is 2.09. The smallest absolute Gasteiger partial charge is 0.341 e. The molecule has 0 saturated carbocycles. The fourth-order valence-electron chi connectivity index (χ4n) is 1.59. The Hall–Kier alpha value is -1.58. The minimum atomic E-state index is -1.17. The lowest BCUT2D eigenvalue weighted by Gasteiger charge is -2.14. The number of hydrogen-bond donors (Lipinski definition) is 1. The first kappa shape index (κ1) is 11.5. The van der Waals surface area contributed by atoms with E-state index in [1.165, 1.54) is 10.6 Å². The molecule has 4 nitrogen and oxygen atoms in total. The van der Waals surface area contributed by atoms with Crippen LogP contribution in [0.3, 0.4) is 0 Å². The Morgan fingerprint density at radius 2 is 2.07 bits per heavy atom. The van der Waals surface area contributed by atoms with Crippen LogP contribution in [0.25, 0.3) is 0 Å². The van der Waals surface area contributed by atoms with Crippen LogP contribution in [0.15, 0.2) is 16.9 Å². The second-order valence-corrected chi connectivity index (χ2v) is 3.68. The van der Waals surface area contributed by atoms with E-state index in [0.717, 1.165) is 5.69 Å². The van der Waals surface area contributed by atoms with Crippen molar-refractivity contribution in [3.8, 4) is 0 Å². The van der Waals surface area contributed by atoms with Gasteiger partial charge in [0, 0.05) is 12.2 Å². The van der Waals surface area contributed by atoms with E-state index in [4.69, 9.17) is 5.11 Å². The number of aromatic nitrogens is 1. The van der Waals surface area contributed by atoms with E-state index < -0.39 is 11.5 Å². The third-order valence-corrected chi connectivity index (χ3v) is 2.35. The molecule has 0 fully saturated rings. The lowest BCUT2D eigenvalue weighted by molar-refractivity contribution is 0.0694. The molecular weight excluding hydrogens is 194 g/mol. The van der Waals surface area contributed by atoms with Gasteiger partial charge in [-0.05, 0) is 25.0 Å². The zero-order valence-corrected chi connectivity index (χ0v) is 9.15. The Balaban J connectivity index is 3.46. The summed E-state index contributed by atoms with van der Waals surface area (Å²) >= 11 is 0. The summed E-state index contributed by atoms with van der Waals surface area (Å²) in [5.41, 5.74) is 0.282. The first-order valence-corrected chi connectivity index (χ1v) is 4.96. The second kappa shape index (κ2) is 4.29. The molecular formula is C11H15NO3. The Morgan fingerprint density at radius 1 is 1.47 bits per heavy atom. The molecule has 0 bridgehead atoms. The number of pyridine rings is 1. The molecule has 0 amide bonds. The van der Waals surface area contributed by atoms with Crippen molar-refractivity contribution in [1.82, 2.24) is 4.57 Å². The molecule has 1 aromatic heterocycles. The monoisotopic (exact) mass is 209 g/mol. The summed E-state index contributed by atoms with van der Waals surface area (Å²) in [7, 11) is 0. The van der Waals surface area contributed by atoms with Crippen LogP contribution in [0.2, 0.25) is 0 Å². The molecule has 0 spiro atoms. The highest BCUT2D eigenvalue weighted by Gasteiger charge is 2.14. The van der Waals surface area contributed by atoms with Crippen molar-refractivity contribution in [2.45, 2.75) is 33.2 Å². The van der Waals surface area contributed by atoms with Crippen LogP contribution in [0.5, 0.6) is 0 Å². The highest BCUT2D eigenvalue weighted by Crippen LogP contribution is 2.12. The van der Waals surface area contributed by atoms with Gasteiger partial charge in [-0.25, -0.2) is 4.79 Å². The fourth-order valence-corrected chi connectivity index (χ4v) is 1.59. The molecule has 1 aromatic rings. The summed E-state index contributed by atoms with van der Waals surface area (Å²) in [6.45, 7) is 6.27. The molecule has 1 rings (SSSR count). The zero-order chi connectivity index (χ0) is 11.6. The van der Waals surface area contributed by atoms with E-state index in [1.54, 1.807) is 6.07 Å². The molecule has 82 valence electrons. The summed E-state index contributed by atoms with van der Waals surface area (Å²) in [4.78, 5) is 22.5. The number of carbonyl (C=O) groups is 1. The van der Waals surface area contributed by atoms with Gasteiger partial charge in [0.15, 0.2) is 0 Å². The van der Waals surface area contributed by atoms with Gasteiger partial charge in [-0.15, -0.1) is 0 Å². The van der Waals surface area contributed by atoms with Gasteiger partial charge in [0.05, 0.1) is 0 Å². The Bertz CT molecular complexity index is 432. The van der Waals surface area contributed by atoms with E-state index in [9.17, 15) is 9.59 Å². The summed E-state index contributed by atoms with van der Waals surface area (Å²) in [5.74, 6) is -0.960. The van der Waals surface area contributed by atoms with Crippen LogP contribution in [0.4, 0.5) is 0 Å². The van der Waals surface area contributed by atoms with Gasteiger partial charge in [0.2, 0.25) is 0 Å². The quantitative estimate of drug-likeness (QED) is 0.824. The van der Waals surface area contributed by atoms with Crippen molar-refractivity contribution in [3.63, 3.8) is 0 Å². The second-order valence-electron chi connectivity index (χ2n) is 3.68. The maximum atomic E-state index is 11.7. The van der Waals surface area contributed by atoms with Crippen molar-refractivity contribution >= 4 is 5.97 Å².